The van der Waals surface area contributed by atoms with E-state index in [1.54, 1.807) is 6.92 Å². The van der Waals surface area contributed by atoms with E-state index < -0.39 is 60.2 Å². The van der Waals surface area contributed by atoms with E-state index in [1.807, 2.05) is 6.92 Å². The Balaban J connectivity index is 2.31. The molecular formula is C25H34N6O8. The van der Waals surface area contributed by atoms with Gasteiger partial charge in [-0.25, -0.2) is 9.78 Å². The van der Waals surface area contributed by atoms with Crippen molar-refractivity contribution in [2.45, 2.75) is 63.7 Å². The van der Waals surface area contributed by atoms with Gasteiger partial charge in [0, 0.05) is 24.7 Å². The molecule has 0 saturated heterocycles. The van der Waals surface area contributed by atoms with Crippen molar-refractivity contribution in [1.29, 1.82) is 0 Å². The Hall–Kier alpha value is -4.46. The van der Waals surface area contributed by atoms with Gasteiger partial charge in [0.05, 0.1) is 18.8 Å². The summed E-state index contributed by atoms with van der Waals surface area (Å²) in [5.74, 6) is -5.50. The fraction of sp³-hybridized carbons (Fsp3) is 0.440. The van der Waals surface area contributed by atoms with E-state index in [4.69, 9.17) is 10.8 Å². The number of imidazole rings is 1. The lowest BCUT2D eigenvalue weighted by Crippen LogP contribution is -2.58. The molecule has 1 aromatic carbocycles. The molecule has 212 valence electrons. The second-order valence-electron chi connectivity index (χ2n) is 9.18. The molecule has 5 unspecified atom stereocenters. The highest BCUT2D eigenvalue weighted by atomic mass is 16.4. The zero-order valence-corrected chi connectivity index (χ0v) is 21.6. The summed E-state index contributed by atoms with van der Waals surface area (Å²) in [6, 6.07) is 0.562. The number of aromatic hydroxyl groups is 1. The third-order valence-electron chi connectivity index (χ3n) is 6.17. The predicted molar refractivity (Wildman–Crippen MR) is 137 cm³/mol. The van der Waals surface area contributed by atoms with E-state index in [-0.39, 0.29) is 24.5 Å². The van der Waals surface area contributed by atoms with Gasteiger partial charge in [0.2, 0.25) is 17.7 Å². The maximum absolute atomic E-state index is 13.4. The molecule has 5 atom stereocenters. The van der Waals surface area contributed by atoms with Crippen LogP contribution in [0.1, 0.15) is 37.9 Å². The number of H-pyrrole nitrogens is 1. The first-order valence-corrected chi connectivity index (χ1v) is 12.3. The number of nitrogens with one attached hydrogen (secondary N) is 4. The van der Waals surface area contributed by atoms with E-state index in [1.165, 1.54) is 36.8 Å². The first-order chi connectivity index (χ1) is 18.4. The number of amides is 3. The number of benzene rings is 1. The Morgan fingerprint density at radius 1 is 0.923 bits per heavy atom. The van der Waals surface area contributed by atoms with Crippen LogP contribution < -0.4 is 21.7 Å². The van der Waals surface area contributed by atoms with Gasteiger partial charge in [-0.3, -0.25) is 19.2 Å². The smallest absolute Gasteiger partial charge is 0.326 e. The molecule has 0 radical (unpaired) electrons. The molecule has 1 aromatic heterocycles. The Morgan fingerprint density at radius 2 is 1.49 bits per heavy atom. The number of phenols is 1. The van der Waals surface area contributed by atoms with E-state index in [9.17, 15) is 34.2 Å². The molecule has 14 nitrogen and oxygen atoms in total. The van der Waals surface area contributed by atoms with Crippen LogP contribution in [-0.4, -0.2) is 79.1 Å². The lowest BCUT2D eigenvalue weighted by molar-refractivity contribution is -0.147. The minimum absolute atomic E-state index is 0.0187. The van der Waals surface area contributed by atoms with Crippen molar-refractivity contribution >= 4 is 29.7 Å². The number of carbonyl (C=O) groups is 5. The van der Waals surface area contributed by atoms with E-state index in [0.717, 1.165) is 0 Å². The van der Waals surface area contributed by atoms with Crippen LogP contribution in [-0.2, 0) is 36.8 Å². The molecule has 9 N–H and O–H groups in total. The molecule has 0 aliphatic carbocycles. The van der Waals surface area contributed by atoms with Gasteiger partial charge in [0.25, 0.3) is 0 Å². The van der Waals surface area contributed by atoms with Crippen molar-refractivity contribution in [3.8, 4) is 5.75 Å². The highest BCUT2D eigenvalue weighted by molar-refractivity contribution is 5.95. The summed E-state index contributed by atoms with van der Waals surface area (Å²) in [5.41, 5.74) is 7.05. The Kier molecular flexibility index (Phi) is 11.4. The Morgan fingerprint density at radius 3 is 2.00 bits per heavy atom. The van der Waals surface area contributed by atoms with Gasteiger partial charge in [-0.05, 0) is 23.6 Å². The van der Waals surface area contributed by atoms with Crippen molar-refractivity contribution in [1.82, 2.24) is 25.9 Å². The van der Waals surface area contributed by atoms with Crippen molar-refractivity contribution in [3.63, 3.8) is 0 Å². The molecule has 0 spiro atoms. The Labute approximate surface area is 224 Å². The van der Waals surface area contributed by atoms with E-state index >= 15 is 0 Å². The molecule has 0 saturated carbocycles. The van der Waals surface area contributed by atoms with Crippen LogP contribution >= 0.6 is 0 Å². The van der Waals surface area contributed by atoms with Gasteiger partial charge in [0.15, 0.2) is 0 Å². The number of aromatic amines is 1. The SMILES string of the molecule is CCC(C)C(N)C(=O)NC(Cc1cnc[nH]1)C(=O)NC(Cc1ccc(O)cc1)C(=O)NC(CC(=O)O)C(=O)O. The molecule has 0 aliphatic heterocycles. The number of aliphatic carboxylic acids is 2. The van der Waals surface area contributed by atoms with Crippen LogP contribution in [0.2, 0.25) is 0 Å². The van der Waals surface area contributed by atoms with Crippen molar-refractivity contribution in [2.24, 2.45) is 11.7 Å². The number of nitrogens with two attached hydrogens (primary N) is 1. The lowest BCUT2D eigenvalue weighted by atomic mass is 9.98. The summed E-state index contributed by atoms with van der Waals surface area (Å²) in [6.07, 6.45) is 2.45. The van der Waals surface area contributed by atoms with Crippen LogP contribution in [0.15, 0.2) is 36.8 Å². The maximum Gasteiger partial charge on any atom is 0.326 e. The first-order valence-electron chi connectivity index (χ1n) is 12.3. The zero-order valence-electron chi connectivity index (χ0n) is 21.6. The number of hydrogen-bond acceptors (Lipinski definition) is 8. The average molecular weight is 547 g/mol. The van der Waals surface area contributed by atoms with Gasteiger partial charge in [0.1, 0.15) is 23.9 Å². The van der Waals surface area contributed by atoms with Crippen molar-refractivity contribution in [2.75, 3.05) is 0 Å². The zero-order chi connectivity index (χ0) is 29.1. The highest BCUT2D eigenvalue weighted by Crippen LogP contribution is 2.13. The summed E-state index contributed by atoms with van der Waals surface area (Å²) in [4.78, 5) is 68.6. The van der Waals surface area contributed by atoms with Crippen LogP contribution in [0, 0.1) is 5.92 Å². The highest BCUT2D eigenvalue weighted by Gasteiger charge is 2.32. The quantitative estimate of drug-likeness (QED) is 0.140. The minimum atomic E-state index is -1.75. The molecule has 39 heavy (non-hydrogen) atoms. The van der Waals surface area contributed by atoms with Gasteiger partial charge in [-0.2, -0.15) is 0 Å². The standard InChI is InChI=1S/C25H34N6O8/c1-3-13(2)21(26)24(37)30-18(9-15-11-27-12-28-15)23(36)29-17(8-14-4-6-16(32)7-5-14)22(35)31-19(25(38)39)10-20(33)34/h4-7,11-13,17-19,21,32H,3,8-10,26H2,1-2H3,(H,27,28)(H,29,36)(H,30,37)(H,31,35)(H,33,34)(H,38,39). The molecule has 3 amide bonds. The first kappa shape index (κ1) is 30.8. The number of hydrogen-bond donors (Lipinski definition) is 8. The number of carbonyl (C=O) groups excluding carboxylic acids is 3. The second kappa shape index (κ2) is 14.5. The molecular weight excluding hydrogens is 512 g/mol. The minimum Gasteiger partial charge on any atom is -0.508 e. The molecule has 0 fully saturated rings. The lowest BCUT2D eigenvalue weighted by Gasteiger charge is -2.26. The molecule has 14 heteroatoms. The monoisotopic (exact) mass is 546 g/mol. The van der Waals surface area contributed by atoms with Crippen molar-refractivity contribution < 1.29 is 39.3 Å². The summed E-state index contributed by atoms with van der Waals surface area (Å²) in [7, 11) is 0. The fourth-order valence-electron chi connectivity index (χ4n) is 3.60. The van der Waals surface area contributed by atoms with Crippen LogP contribution in [0.25, 0.3) is 0 Å². The fourth-order valence-corrected chi connectivity index (χ4v) is 3.60. The van der Waals surface area contributed by atoms with E-state index in [0.29, 0.717) is 17.7 Å². The van der Waals surface area contributed by atoms with E-state index in [2.05, 4.69) is 25.9 Å². The van der Waals surface area contributed by atoms with Crippen LogP contribution in [0.3, 0.4) is 0 Å². The summed E-state index contributed by atoms with van der Waals surface area (Å²) in [5, 5.41) is 35.2. The average Bonchev–Trinajstić information content (AvgIpc) is 3.40. The molecule has 1 heterocycles. The molecule has 0 aliphatic rings. The second-order valence-corrected chi connectivity index (χ2v) is 9.18. The van der Waals surface area contributed by atoms with Crippen molar-refractivity contribution in [3.05, 3.63) is 48.0 Å². The number of aromatic nitrogens is 2. The topological polar surface area (TPSA) is 237 Å². The summed E-state index contributed by atoms with van der Waals surface area (Å²) >= 11 is 0. The number of carboxylic acids is 2. The maximum atomic E-state index is 13.4. The van der Waals surface area contributed by atoms with Crippen LogP contribution in [0.4, 0.5) is 0 Å². The van der Waals surface area contributed by atoms with Gasteiger partial charge in [-0.1, -0.05) is 32.4 Å². The predicted octanol–water partition coefficient (Wildman–Crippen LogP) is -0.712. The summed E-state index contributed by atoms with van der Waals surface area (Å²) in [6.45, 7) is 3.66. The van der Waals surface area contributed by atoms with Crippen LogP contribution in [0.5, 0.6) is 5.75 Å². The number of phenolic OH excluding ortho intramolecular Hbond substituents is 1. The molecule has 2 rings (SSSR count). The number of nitrogens with zero attached hydrogens (tertiary/aromatic N) is 1. The number of carboxylic acid groups (broad SMARTS) is 2. The van der Waals surface area contributed by atoms with Gasteiger partial charge >= 0.3 is 11.9 Å². The molecule has 2 aromatic rings. The third kappa shape index (κ3) is 9.74. The number of rotatable bonds is 15. The Bertz CT molecular complexity index is 1140. The van der Waals surface area contributed by atoms with Gasteiger partial charge < -0.3 is 42.0 Å². The third-order valence-corrected chi connectivity index (χ3v) is 6.17. The normalized spacial score (nSPS) is 14.7. The van der Waals surface area contributed by atoms with Gasteiger partial charge in [-0.15, -0.1) is 0 Å². The summed E-state index contributed by atoms with van der Waals surface area (Å²) < 4.78 is 0. The molecule has 0 bridgehead atoms. The largest absolute Gasteiger partial charge is 0.508 e.